The topological polar surface area (TPSA) is 23.5 Å². The van der Waals surface area contributed by atoms with Crippen LogP contribution in [0.4, 0.5) is 8.78 Å². The number of aliphatic hydroxyl groups excluding tert-OH is 1. The van der Waals surface area contributed by atoms with Crippen molar-refractivity contribution in [2.24, 2.45) is 5.92 Å². The Morgan fingerprint density at radius 1 is 1.29 bits per heavy atom. The Morgan fingerprint density at radius 3 is 2.65 bits per heavy atom. The van der Waals surface area contributed by atoms with E-state index >= 15 is 0 Å². The van der Waals surface area contributed by atoms with Crippen molar-refractivity contribution in [3.8, 4) is 0 Å². The van der Waals surface area contributed by atoms with Crippen molar-refractivity contribution < 1.29 is 13.9 Å². The average molecular weight is 241 g/mol. The standard InChI is InChI=1S/C13H17F2NO/c14-13(15)6-7-16(9-12(13)10-17)8-11-4-2-1-3-5-11/h1-5,12,17H,6-10H2/t12-/m1/s1. The van der Waals surface area contributed by atoms with Crippen LogP contribution >= 0.6 is 0 Å². The lowest BCUT2D eigenvalue weighted by Crippen LogP contribution is -2.48. The highest BCUT2D eigenvalue weighted by atomic mass is 19.3. The Morgan fingerprint density at radius 2 is 2.00 bits per heavy atom. The fourth-order valence-corrected chi connectivity index (χ4v) is 2.22. The van der Waals surface area contributed by atoms with Crippen LogP contribution in [0.2, 0.25) is 0 Å². The molecule has 1 fully saturated rings. The van der Waals surface area contributed by atoms with Crippen molar-refractivity contribution in [3.05, 3.63) is 35.9 Å². The van der Waals surface area contributed by atoms with Crippen LogP contribution in [0.5, 0.6) is 0 Å². The van der Waals surface area contributed by atoms with Gasteiger partial charge in [0.2, 0.25) is 0 Å². The minimum atomic E-state index is -2.72. The molecule has 0 bridgehead atoms. The van der Waals surface area contributed by atoms with E-state index in [2.05, 4.69) is 0 Å². The van der Waals surface area contributed by atoms with Gasteiger partial charge in [-0.3, -0.25) is 4.90 Å². The van der Waals surface area contributed by atoms with Gasteiger partial charge in [0.15, 0.2) is 0 Å². The molecule has 0 spiro atoms. The van der Waals surface area contributed by atoms with Gasteiger partial charge in [-0.25, -0.2) is 8.78 Å². The van der Waals surface area contributed by atoms with Crippen molar-refractivity contribution in [2.45, 2.75) is 18.9 Å². The maximum Gasteiger partial charge on any atom is 0.255 e. The number of likely N-dealkylation sites (tertiary alicyclic amines) is 1. The normalized spacial score (nSPS) is 24.8. The van der Waals surface area contributed by atoms with Gasteiger partial charge in [-0.15, -0.1) is 0 Å². The predicted molar refractivity (Wildman–Crippen MR) is 61.9 cm³/mol. The fraction of sp³-hybridized carbons (Fsp3) is 0.538. The summed E-state index contributed by atoms with van der Waals surface area (Å²) in [7, 11) is 0. The number of nitrogens with zero attached hydrogens (tertiary/aromatic N) is 1. The van der Waals surface area contributed by atoms with Crippen molar-refractivity contribution in [2.75, 3.05) is 19.7 Å². The van der Waals surface area contributed by atoms with Crippen LogP contribution in [0, 0.1) is 5.92 Å². The molecule has 2 rings (SSSR count). The van der Waals surface area contributed by atoms with Gasteiger partial charge < -0.3 is 5.11 Å². The van der Waals surface area contributed by atoms with Crippen LogP contribution in [-0.2, 0) is 6.54 Å². The SMILES string of the molecule is OC[C@H]1CN(Cc2ccccc2)CCC1(F)F. The zero-order valence-electron chi connectivity index (χ0n) is 9.65. The van der Waals surface area contributed by atoms with Crippen LogP contribution in [0.25, 0.3) is 0 Å². The van der Waals surface area contributed by atoms with E-state index in [0.29, 0.717) is 13.1 Å². The molecule has 4 heteroatoms. The van der Waals surface area contributed by atoms with Crippen molar-refractivity contribution in [1.29, 1.82) is 0 Å². The van der Waals surface area contributed by atoms with E-state index in [1.54, 1.807) is 0 Å². The molecule has 1 aliphatic heterocycles. The summed E-state index contributed by atoms with van der Waals surface area (Å²) in [6.07, 6.45) is -0.162. The second kappa shape index (κ2) is 5.10. The Bertz CT molecular complexity index is 356. The molecule has 0 unspecified atom stereocenters. The number of rotatable bonds is 3. The predicted octanol–water partition coefficient (Wildman–Crippen LogP) is 2.14. The van der Waals surface area contributed by atoms with Gasteiger partial charge in [-0.2, -0.15) is 0 Å². The van der Waals surface area contributed by atoms with Crippen LogP contribution in [0.1, 0.15) is 12.0 Å². The first-order chi connectivity index (χ1) is 8.12. The van der Waals surface area contributed by atoms with Gasteiger partial charge in [0.1, 0.15) is 0 Å². The molecule has 2 nitrogen and oxygen atoms in total. The second-order valence-electron chi connectivity index (χ2n) is 4.61. The highest BCUT2D eigenvalue weighted by molar-refractivity contribution is 5.14. The molecule has 1 aromatic rings. The minimum Gasteiger partial charge on any atom is -0.396 e. The molecular weight excluding hydrogens is 224 g/mol. The highest BCUT2D eigenvalue weighted by Gasteiger charge is 2.43. The molecule has 1 atom stereocenters. The number of aliphatic hydroxyl groups is 1. The third-order valence-electron chi connectivity index (χ3n) is 3.31. The number of alkyl halides is 2. The first-order valence-electron chi connectivity index (χ1n) is 5.87. The summed E-state index contributed by atoms with van der Waals surface area (Å²) in [4.78, 5) is 1.98. The van der Waals surface area contributed by atoms with Crippen molar-refractivity contribution >= 4 is 0 Å². The molecule has 1 saturated heterocycles. The number of piperidine rings is 1. The van der Waals surface area contributed by atoms with Gasteiger partial charge in [-0.1, -0.05) is 30.3 Å². The summed E-state index contributed by atoms with van der Waals surface area (Å²) >= 11 is 0. The number of benzene rings is 1. The summed E-state index contributed by atoms with van der Waals surface area (Å²) < 4.78 is 26.8. The maximum absolute atomic E-state index is 13.4. The lowest BCUT2D eigenvalue weighted by atomic mass is 9.94. The molecule has 0 radical (unpaired) electrons. The van der Waals surface area contributed by atoms with Crippen LogP contribution in [0.3, 0.4) is 0 Å². The van der Waals surface area contributed by atoms with E-state index in [4.69, 9.17) is 5.11 Å². The van der Waals surface area contributed by atoms with Gasteiger partial charge in [0.25, 0.3) is 5.92 Å². The smallest absolute Gasteiger partial charge is 0.255 e. The Balaban J connectivity index is 1.96. The van der Waals surface area contributed by atoms with E-state index in [9.17, 15) is 8.78 Å². The molecule has 0 amide bonds. The summed E-state index contributed by atoms with van der Waals surface area (Å²) in [5.41, 5.74) is 1.12. The van der Waals surface area contributed by atoms with E-state index in [-0.39, 0.29) is 13.0 Å². The largest absolute Gasteiger partial charge is 0.396 e. The first kappa shape index (κ1) is 12.5. The summed E-state index contributed by atoms with van der Waals surface area (Å²) in [6.45, 7) is 0.877. The lowest BCUT2D eigenvalue weighted by Gasteiger charge is -2.37. The zero-order valence-corrected chi connectivity index (χ0v) is 9.65. The lowest BCUT2D eigenvalue weighted by molar-refractivity contribution is -0.121. The molecule has 1 aliphatic rings. The van der Waals surface area contributed by atoms with E-state index < -0.39 is 18.4 Å². The molecule has 1 heterocycles. The molecule has 1 N–H and O–H groups in total. The number of hydrogen-bond donors (Lipinski definition) is 1. The van der Waals surface area contributed by atoms with Gasteiger partial charge in [0, 0.05) is 26.1 Å². The zero-order chi connectivity index (χ0) is 12.3. The monoisotopic (exact) mass is 241 g/mol. The van der Waals surface area contributed by atoms with E-state index in [0.717, 1.165) is 5.56 Å². The Hall–Kier alpha value is -1.00. The van der Waals surface area contributed by atoms with E-state index in [1.807, 2.05) is 35.2 Å². The molecule has 0 saturated carbocycles. The third kappa shape index (κ3) is 3.01. The molecule has 17 heavy (non-hydrogen) atoms. The average Bonchev–Trinajstić information content (AvgIpc) is 2.33. The van der Waals surface area contributed by atoms with Crippen molar-refractivity contribution in [3.63, 3.8) is 0 Å². The first-order valence-corrected chi connectivity index (χ1v) is 5.87. The molecule has 0 aromatic heterocycles. The Kier molecular flexibility index (Phi) is 3.74. The number of hydrogen-bond acceptors (Lipinski definition) is 2. The van der Waals surface area contributed by atoms with Gasteiger partial charge in [0.05, 0.1) is 12.5 Å². The number of halogens is 2. The molecule has 94 valence electrons. The fourth-order valence-electron chi connectivity index (χ4n) is 2.22. The Labute approximate surface area is 99.9 Å². The molecular formula is C13H17F2NO. The van der Waals surface area contributed by atoms with Crippen LogP contribution < -0.4 is 0 Å². The maximum atomic E-state index is 13.4. The minimum absolute atomic E-state index is 0.162. The van der Waals surface area contributed by atoms with Crippen molar-refractivity contribution in [1.82, 2.24) is 4.90 Å². The third-order valence-corrected chi connectivity index (χ3v) is 3.31. The van der Waals surface area contributed by atoms with Crippen LogP contribution in [-0.4, -0.2) is 35.6 Å². The van der Waals surface area contributed by atoms with Gasteiger partial charge in [-0.05, 0) is 5.56 Å². The molecule has 0 aliphatic carbocycles. The molecule has 1 aromatic carbocycles. The van der Waals surface area contributed by atoms with Gasteiger partial charge >= 0.3 is 0 Å². The summed E-state index contributed by atoms with van der Waals surface area (Å²) in [6, 6.07) is 9.79. The second-order valence-corrected chi connectivity index (χ2v) is 4.61. The summed E-state index contributed by atoms with van der Waals surface area (Å²) in [5.74, 6) is -3.65. The van der Waals surface area contributed by atoms with Crippen LogP contribution in [0.15, 0.2) is 30.3 Å². The van der Waals surface area contributed by atoms with E-state index in [1.165, 1.54) is 0 Å². The quantitative estimate of drug-likeness (QED) is 0.876. The summed E-state index contributed by atoms with van der Waals surface area (Å²) in [5, 5.41) is 9.00. The highest BCUT2D eigenvalue weighted by Crippen LogP contribution is 2.33.